The topological polar surface area (TPSA) is 52.9 Å². The molecule has 0 aromatic heterocycles. The minimum atomic E-state index is -0.343. The Balaban J connectivity index is 1.81. The SMILES string of the molecule is CC(C#N)NC(=O)C1CC2CC2C1. The van der Waals surface area contributed by atoms with Gasteiger partial charge in [-0.25, -0.2) is 0 Å². The molecule has 70 valence electrons. The number of fused-ring (bicyclic) bond motifs is 1. The lowest BCUT2D eigenvalue weighted by Gasteiger charge is -2.12. The van der Waals surface area contributed by atoms with E-state index in [0.717, 1.165) is 24.7 Å². The third-order valence-electron chi connectivity index (χ3n) is 3.17. The highest BCUT2D eigenvalue weighted by Crippen LogP contribution is 2.54. The van der Waals surface area contributed by atoms with Crippen LogP contribution in [0, 0.1) is 29.1 Å². The molecule has 0 saturated heterocycles. The first-order chi connectivity index (χ1) is 6.20. The lowest BCUT2D eigenvalue weighted by Crippen LogP contribution is -2.35. The summed E-state index contributed by atoms with van der Waals surface area (Å²) < 4.78 is 0. The lowest BCUT2D eigenvalue weighted by molar-refractivity contribution is -0.125. The predicted molar refractivity (Wildman–Crippen MR) is 47.5 cm³/mol. The van der Waals surface area contributed by atoms with Gasteiger partial charge in [-0.3, -0.25) is 4.79 Å². The second-order valence-electron chi connectivity index (χ2n) is 4.28. The molecule has 0 spiro atoms. The Labute approximate surface area is 78.1 Å². The minimum Gasteiger partial charge on any atom is -0.340 e. The molecule has 2 fully saturated rings. The fraction of sp³-hybridized carbons (Fsp3) is 0.800. The number of carbonyl (C=O) groups is 1. The van der Waals surface area contributed by atoms with E-state index >= 15 is 0 Å². The van der Waals surface area contributed by atoms with Gasteiger partial charge in [-0.1, -0.05) is 0 Å². The molecule has 0 radical (unpaired) electrons. The summed E-state index contributed by atoms with van der Waals surface area (Å²) in [6, 6.07) is 1.67. The number of nitriles is 1. The van der Waals surface area contributed by atoms with Crippen LogP contribution in [0.1, 0.15) is 26.2 Å². The van der Waals surface area contributed by atoms with Crippen LogP contribution in [-0.4, -0.2) is 11.9 Å². The van der Waals surface area contributed by atoms with Gasteiger partial charge < -0.3 is 5.32 Å². The molecule has 3 heteroatoms. The highest BCUT2D eigenvalue weighted by Gasteiger charge is 2.48. The number of nitrogens with zero attached hydrogens (tertiary/aromatic N) is 1. The summed E-state index contributed by atoms with van der Waals surface area (Å²) in [7, 11) is 0. The van der Waals surface area contributed by atoms with Gasteiger partial charge >= 0.3 is 0 Å². The van der Waals surface area contributed by atoms with Crippen LogP contribution >= 0.6 is 0 Å². The van der Waals surface area contributed by atoms with Crippen molar-refractivity contribution in [2.24, 2.45) is 17.8 Å². The quantitative estimate of drug-likeness (QED) is 0.687. The normalized spacial score (nSPS) is 37.4. The predicted octanol–water partition coefficient (Wildman–Crippen LogP) is 1.06. The Morgan fingerprint density at radius 3 is 2.62 bits per heavy atom. The van der Waals surface area contributed by atoms with Crippen LogP contribution in [0.3, 0.4) is 0 Å². The minimum absolute atomic E-state index is 0.0845. The fourth-order valence-corrected chi connectivity index (χ4v) is 2.29. The summed E-state index contributed by atoms with van der Waals surface area (Å²) >= 11 is 0. The van der Waals surface area contributed by atoms with Crippen molar-refractivity contribution in [2.45, 2.75) is 32.2 Å². The molecule has 3 unspecified atom stereocenters. The first kappa shape index (κ1) is 8.55. The molecular weight excluding hydrogens is 164 g/mol. The van der Waals surface area contributed by atoms with Crippen LogP contribution in [0.15, 0.2) is 0 Å². The number of nitrogens with one attached hydrogen (secondary N) is 1. The molecule has 2 aliphatic carbocycles. The van der Waals surface area contributed by atoms with Crippen LogP contribution in [0.25, 0.3) is 0 Å². The second-order valence-corrected chi connectivity index (χ2v) is 4.28. The first-order valence-electron chi connectivity index (χ1n) is 4.90. The first-order valence-corrected chi connectivity index (χ1v) is 4.90. The van der Waals surface area contributed by atoms with Crippen LogP contribution in [-0.2, 0) is 4.79 Å². The summed E-state index contributed by atoms with van der Waals surface area (Å²) in [5.74, 6) is 1.93. The molecule has 1 N–H and O–H groups in total. The van der Waals surface area contributed by atoms with Crippen LogP contribution in [0.2, 0.25) is 0 Å². The Morgan fingerprint density at radius 1 is 1.46 bits per heavy atom. The van der Waals surface area contributed by atoms with E-state index in [-0.39, 0.29) is 17.9 Å². The van der Waals surface area contributed by atoms with E-state index in [0.29, 0.717) is 0 Å². The molecule has 3 nitrogen and oxygen atoms in total. The van der Waals surface area contributed by atoms with Gasteiger partial charge in [0.1, 0.15) is 6.04 Å². The fourth-order valence-electron chi connectivity index (χ4n) is 2.29. The highest BCUT2D eigenvalue weighted by molar-refractivity contribution is 5.79. The largest absolute Gasteiger partial charge is 0.340 e. The standard InChI is InChI=1S/C10H14N2O/c1-6(5-11)12-10(13)9-3-7-2-8(7)4-9/h6-9H,2-4H2,1H3,(H,12,13). The zero-order valence-electron chi connectivity index (χ0n) is 7.79. The lowest BCUT2D eigenvalue weighted by atomic mass is 10.0. The highest BCUT2D eigenvalue weighted by atomic mass is 16.1. The molecule has 0 aromatic rings. The van der Waals surface area contributed by atoms with Crippen molar-refractivity contribution < 1.29 is 4.79 Å². The third kappa shape index (κ3) is 1.67. The zero-order valence-corrected chi connectivity index (χ0v) is 7.79. The maximum atomic E-state index is 11.5. The van der Waals surface area contributed by atoms with Crippen LogP contribution in [0.4, 0.5) is 0 Å². The van der Waals surface area contributed by atoms with Gasteiger partial charge in [0, 0.05) is 5.92 Å². The van der Waals surface area contributed by atoms with Gasteiger partial charge in [-0.2, -0.15) is 5.26 Å². The van der Waals surface area contributed by atoms with E-state index in [9.17, 15) is 4.79 Å². The summed E-state index contributed by atoms with van der Waals surface area (Å²) in [6.07, 6.45) is 3.43. The number of hydrogen-bond acceptors (Lipinski definition) is 2. The Morgan fingerprint density at radius 2 is 2.08 bits per heavy atom. The van der Waals surface area contributed by atoms with E-state index in [4.69, 9.17) is 5.26 Å². The van der Waals surface area contributed by atoms with Crippen molar-refractivity contribution in [1.29, 1.82) is 5.26 Å². The maximum absolute atomic E-state index is 11.5. The molecular formula is C10H14N2O. The van der Waals surface area contributed by atoms with Crippen LogP contribution in [0.5, 0.6) is 0 Å². The summed E-state index contributed by atoms with van der Waals surface area (Å²) in [6.45, 7) is 1.72. The van der Waals surface area contributed by atoms with Crippen molar-refractivity contribution in [2.75, 3.05) is 0 Å². The van der Waals surface area contributed by atoms with Crippen LogP contribution < -0.4 is 5.32 Å². The van der Waals surface area contributed by atoms with E-state index in [1.54, 1.807) is 6.92 Å². The van der Waals surface area contributed by atoms with E-state index < -0.39 is 0 Å². The Hall–Kier alpha value is -1.04. The molecule has 2 rings (SSSR count). The summed E-state index contributed by atoms with van der Waals surface area (Å²) in [5, 5.41) is 11.2. The molecule has 0 bridgehead atoms. The number of hydrogen-bond donors (Lipinski definition) is 1. The number of carbonyl (C=O) groups excluding carboxylic acids is 1. The van der Waals surface area contributed by atoms with Gasteiger partial charge in [0.25, 0.3) is 0 Å². The molecule has 13 heavy (non-hydrogen) atoms. The Kier molecular flexibility index (Phi) is 1.99. The molecule has 0 aliphatic heterocycles. The smallest absolute Gasteiger partial charge is 0.224 e. The summed E-state index contributed by atoms with van der Waals surface area (Å²) in [5.41, 5.74) is 0. The maximum Gasteiger partial charge on any atom is 0.224 e. The van der Waals surface area contributed by atoms with Gasteiger partial charge in [-0.15, -0.1) is 0 Å². The van der Waals surface area contributed by atoms with E-state index in [1.807, 2.05) is 6.07 Å². The number of amides is 1. The zero-order chi connectivity index (χ0) is 9.42. The average molecular weight is 178 g/mol. The van der Waals surface area contributed by atoms with Gasteiger partial charge in [-0.05, 0) is 38.0 Å². The van der Waals surface area contributed by atoms with Gasteiger partial charge in [0.2, 0.25) is 5.91 Å². The van der Waals surface area contributed by atoms with Crippen molar-refractivity contribution in [1.82, 2.24) is 5.32 Å². The third-order valence-corrected chi connectivity index (χ3v) is 3.17. The van der Waals surface area contributed by atoms with Crippen molar-refractivity contribution in [3.63, 3.8) is 0 Å². The Bertz CT molecular complexity index is 259. The molecule has 0 aromatic carbocycles. The second kappa shape index (κ2) is 3.02. The summed E-state index contributed by atoms with van der Waals surface area (Å²) in [4.78, 5) is 11.5. The molecule has 2 saturated carbocycles. The van der Waals surface area contributed by atoms with E-state index in [1.165, 1.54) is 6.42 Å². The molecule has 0 heterocycles. The average Bonchev–Trinajstić information content (AvgIpc) is 2.73. The van der Waals surface area contributed by atoms with Crippen molar-refractivity contribution in [3.8, 4) is 6.07 Å². The molecule has 1 amide bonds. The monoisotopic (exact) mass is 178 g/mol. The van der Waals surface area contributed by atoms with Crippen molar-refractivity contribution in [3.05, 3.63) is 0 Å². The van der Waals surface area contributed by atoms with Crippen molar-refractivity contribution >= 4 is 5.91 Å². The van der Waals surface area contributed by atoms with E-state index in [2.05, 4.69) is 5.32 Å². The van der Waals surface area contributed by atoms with Gasteiger partial charge in [0.15, 0.2) is 0 Å². The molecule has 2 aliphatic rings. The van der Waals surface area contributed by atoms with Gasteiger partial charge in [0.05, 0.1) is 6.07 Å². The number of rotatable bonds is 2. The molecule has 3 atom stereocenters.